The molecule has 146 valence electrons. The molecule has 8 heteroatoms. The number of nitrogens with zero attached hydrogens (tertiary/aromatic N) is 2. The minimum atomic E-state index is -0.199. The van der Waals surface area contributed by atoms with E-state index < -0.39 is 0 Å². The number of halogens is 1. The molecule has 6 nitrogen and oxygen atoms in total. The molecule has 2 aromatic carbocycles. The van der Waals surface area contributed by atoms with Crippen LogP contribution in [0.25, 0.3) is 10.2 Å². The van der Waals surface area contributed by atoms with Crippen molar-refractivity contribution in [2.24, 2.45) is 4.99 Å². The average molecular weight is 463 g/mol. The van der Waals surface area contributed by atoms with Crippen molar-refractivity contribution in [1.29, 1.82) is 0 Å². The summed E-state index contributed by atoms with van der Waals surface area (Å²) in [4.78, 5) is 17.7. The summed E-state index contributed by atoms with van der Waals surface area (Å²) >= 11 is 5.00. The largest absolute Gasteiger partial charge is 0.454 e. The summed E-state index contributed by atoms with van der Waals surface area (Å²) in [5, 5.41) is 0. The molecule has 2 heterocycles. The van der Waals surface area contributed by atoms with Crippen LogP contribution in [0.15, 0.2) is 45.9 Å². The van der Waals surface area contributed by atoms with Gasteiger partial charge in [-0.05, 0) is 42.8 Å². The molecule has 0 N–H and O–H groups in total. The fourth-order valence-electron chi connectivity index (χ4n) is 3.02. The molecule has 0 saturated carbocycles. The molecular weight excluding hydrogens is 444 g/mol. The molecule has 0 radical (unpaired) electrons. The first kappa shape index (κ1) is 19.2. The van der Waals surface area contributed by atoms with E-state index in [9.17, 15) is 4.79 Å². The van der Waals surface area contributed by atoms with Crippen molar-refractivity contribution in [3.05, 3.63) is 51.2 Å². The third kappa shape index (κ3) is 4.14. The number of amides is 1. The van der Waals surface area contributed by atoms with Crippen LogP contribution in [0, 0.1) is 0 Å². The Labute approximate surface area is 174 Å². The normalized spacial score (nSPS) is 13.4. The summed E-state index contributed by atoms with van der Waals surface area (Å²) in [6, 6.07) is 11.6. The van der Waals surface area contributed by atoms with E-state index in [4.69, 9.17) is 14.2 Å². The number of thiazole rings is 1. The number of benzene rings is 2. The van der Waals surface area contributed by atoms with Crippen molar-refractivity contribution in [3.8, 4) is 11.5 Å². The van der Waals surface area contributed by atoms with Crippen LogP contribution in [0.3, 0.4) is 0 Å². The van der Waals surface area contributed by atoms with Gasteiger partial charge >= 0.3 is 0 Å². The van der Waals surface area contributed by atoms with Crippen molar-refractivity contribution < 1.29 is 19.0 Å². The molecule has 28 heavy (non-hydrogen) atoms. The maximum Gasteiger partial charge on any atom is 0.252 e. The van der Waals surface area contributed by atoms with E-state index in [1.54, 1.807) is 0 Å². The third-order valence-corrected chi connectivity index (χ3v) is 5.86. The maximum absolute atomic E-state index is 12.6. The van der Waals surface area contributed by atoms with Crippen LogP contribution < -0.4 is 14.3 Å². The minimum Gasteiger partial charge on any atom is -0.454 e. The van der Waals surface area contributed by atoms with Gasteiger partial charge in [-0.15, -0.1) is 0 Å². The predicted molar refractivity (Wildman–Crippen MR) is 111 cm³/mol. The highest BCUT2D eigenvalue weighted by Crippen LogP contribution is 2.32. The number of ether oxygens (including phenoxy) is 3. The number of rotatable bonds is 6. The van der Waals surface area contributed by atoms with Gasteiger partial charge < -0.3 is 18.8 Å². The fraction of sp³-hybridized carbons (Fsp3) is 0.300. The number of hydrogen-bond acceptors (Lipinski definition) is 5. The zero-order valence-corrected chi connectivity index (χ0v) is 17.7. The lowest BCUT2D eigenvalue weighted by molar-refractivity contribution is -0.117. The average Bonchev–Trinajstić information content (AvgIpc) is 3.25. The summed E-state index contributed by atoms with van der Waals surface area (Å²) in [7, 11) is 0. The second-order valence-electron chi connectivity index (χ2n) is 6.22. The third-order valence-electron chi connectivity index (χ3n) is 4.32. The van der Waals surface area contributed by atoms with Gasteiger partial charge in [0, 0.05) is 17.6 Å². The van der Waals surface area contributed by atoms with Crippen LogP contribution in [0.2, 0.25) is 0 Å². The Bertz CT molecular complexity index is 1090. The summed E-state index contributed by atoms with van der Waals surface area (Å²) in [6.45, 7) is 4.05. The van der Waals surface area contributed by atoms with Crippen LogP contribution in [0.5, 0.6) is 11.5 Å². The molecule has 1 amide bonds. The molecule has 3 aromatic rings. The Kier molecular flexibility index (Phi) is 5.79. The Morgan fingerprint density at radius 3 is 2.96 bits per heavy atom. The SMILES string of the molecule is CCOCCn1c(=NC(=O)Cc2ccc3c(c2)OCO3)sc2cc(Br)ccc21. The molecule has 0 spiro atoms. The van der Waals surface area contributed by atoms with Crippen molar-refractivity contribution in [2.75, 3.05) is 20.0 Å². The highest BCUT2D eigenvalue weighted by atomic mass is 79.9. The molecule has 1 aromatic heterocycles. The molecule has 4 rings (SSSR count). The van der Waals surface area contributed by atoms with Crippen molar-refractivity contribution in [3.63, 3.8) is 0 Å². The Morgan fingerprint density at radius 1 is 1.25 bits per heavy atom. The van der Waals surface area contributed by atoms with Crippen molar-refractivity contribution in [1.82, 2.24) is 4.57 Å². The summed E-state index contributed by atoms with van der Waals surface area (Å²) in [5.74, 6) is 1.18. The van der Waals surface area contributed by atoms with Crippen LogP contribution >= 0.6 is 27.3 Å². The zero-order chi connectivity index (χ0) is 19.5. The number of fused-ring (bicyclic) bond motifs is 2. The molecule has 0 unspecified atom stereocenters. The van der Waals surface area contributed by atoms with E-state index in [0.29, 0.717) is 36.1 Å². The van der Waals surface area contributed by atoms with E-state index >= 15 is 0 Å². The van der Waals surface area contributed by atoms with Gasteiger partial charge in [-0.3, -0.25) is 4.79 Å². The topological polar surface area (TPSA) is 62.1 Å². The van der Waals surface area contributed by atoms with Crippen LogP contribution in [0.1, 0.15) is 12.5 Å². The van der Waals surface area contributed by atoms with Crippen LogP contribution in [0.4, 0.5) is 0 Å². The van der Waals surface area contributed by atoms with Gasteiger partial charge in [0.2, 0.25) is 6.79 Å². The van der Waals surface area contributed by atoms with Gasteiger partial charge in [0.1, 0.15) is 0 Å². The lowest BCUT2D eigenvalue weighted by Crippen LogP contribution is -2.20. The molecular formula is C20H19BrN2O4S. The first-order chi connectivity index (χ1) is 13.6. The molecule has 0 aliphatic carbocycles. The van der Waals surface area contributed by atoms with E-state index in [1.807, 2.05) is 47.9 Å². The molecule has 0 bridgehead atoms. The second-order valence-corrected chi connectivity index (χ2v) is 8.14. The lowest BCUT2D eigenvalue weighted by Gasteiger charge is -2.05. The zero-order valence-electron chi connectivity index (χ0n) is 15.3. The molecule has 1 aliphatic rings. The van der Waals surface area contributed by atoms with Crippen LogP contribution in [-0.2, 0) is 22.5 Å². The van der Waals surface area contributed by atoms with E-state index in [-0.39, 0.29) is 19.1 Å². The number of hydrogen-bond donors (Lipinski definition) is 0. The van der Waals surface area contributed by atoms with E-state index in [1.165, 1.54) is 11.3 Å². The predicted octanol–water partition coefficient (Wildman–Crippen LogP) is 3.90. The van der Waals surface area contributed by atoms with Gasteiger partial charge in [0.15, 0.2) is 16.3 Å². The minimum absolute atomic E-state index is 0.199. The van der Waals surface area contributed by atoms with Gasteiger partial charge in [-0.2, -0.15) is 4.99 Å². The van der Waals surface area contributed by atoms with E-state index in [0.717, 1.165) is 20.3 Å². The van der Waals surface area contributed by atoms with Gasteiger partial charge in [0.05, 0.1) is 23.2 Å². The van der Waals surface area contributed by atoms with E-state index in [2.05, 4.69) is 20.9 Å². The Morgan fingerprint density at radius 2 is 2.11 bits per heavy atom. The summed E-state index contributed by atoms with van der Waals surface area (Å²) < 4.78 is 20.3. The lowest BCUT2D eigenvalue weighted by atomic mass is 10.1. The fourth-order valence-corrected chi connectivity index (χ4v) is 4.65. The summed E-state index contributed by atoms with van der Waals surface area (Å²) in [5.41, 5.74) is 1.89. The monoisotopic (exact) mass is 462 g/mol. The first-order valence-electron chi connectivity index (χ1n) is 8.97. The standard InChI is InChI=1S/C20H19BrN2O4S/c1-2-25-8-7-23-15-5-4-14(21)11-18(15)28-20(23)22-19(24)10-13-3-6-16-17(9-13)27-12-26-16/h3-6,9,11H,2,7-8,10,12H2,1H3. The number of carbonyl (C=O) groups excluding carboxylic acids is 1. The smallest absolute Gasteiger partial charge is 0.252 e. The van der Waals surface area contributed by atoms with Gasteiger partial charge in [0.25, 0.3) is 5.91 Å². The highest BCUT2D eigenvalue weighted by molar-refractivity contribution is 9.10. The van der Waals surface area contributed by atoms with Crippen molar-refractivity contribution >= 4 is 43.4 Å². The molecule has 1 aliphatic heterocycles. The molecule has 0 fully saturated rings. The van der Waals surface area contributed by atoms with Crippen LogP contribution in [-0.4, -0.2) is 30.5 Å². The number of aromatic nitrogens is 1. The van der Waals surface area contributed by atoms with Gasteiger partial charge in [-0.1, -0.05) is 33.3 Å². The quantitative estimate of drug-likeness (QED) is 0.521. The molecule has 0 atom stereocenters. The first-order valence-corrected chi connectivity index (χ1v) is 10.6. The Hall–Kier alpha value is -2.16. The maximum atomic E-state index is 12.6. The Balaban J connectivity index is 1.63. The molecule has 0 saturated heterocycles. The number of carbonyl (C=O) groups is 1. The highest BCUT2D eigenvalue weighted by Gasteiger charge is 2.15. The summed E-state index contributed by atoms with van der Waals surface area (Å²) in [6.07, 6.45) is 0.208. The van der Waals surface area contributed by atoms with Crippen molar-refractivity contribution in [2.45, 2.75) is 19.9 Å². The second kappa shape index (κ2) is 8.46. The van der Waals surface area contributed by atoms with Gasteiger partial charge in [-0.25, -0.2) is 0 Å².